The van der Waals surface area contributed by atoms with E-state index in [1.807, 2.05) is 24.3 Å². The number of allylic oxidation sites excluding steroid dienone is 3. The minimum atomic E-state index is -2.04. The Balaban J connectivity index is 2.04. The number of carbonyl (C=O) groups is 1. The number of hydrogen-bond donors (Lipinski definition) is 0. The van der Waals surface area contributed by atoms with Gasteiger partial charge in [-0.1, -0.05) is 51.1 Å². The van der Waals surface area contributed by atoms with E-state index < -0.39 is 13.7 Å². The van der Waals surface area contributed by atoms with E-state index in [1.165, 1.54) is 5.57 Å². The van der Waals surface area contributed by atoms with Crippen molar-refractivity contribution in [3.05, 3.63) is 47.2 Å². The lowest BCUT2D eigenvalue weighted by Gasteiger charge is -2.40. The van der Waals surface area contributed by atoms with Crippen molar-refractivity contribution in [2.24, 2.45) is 11.3 Å². The summed E-state index contributed by atoms with van der Waals surface area (Å²) in [6.45, 7) is 13.4. The fraction of sp³-hybridized carbons (Fsp3) is 0.542. The van der Waals surface area contributed by atoms with E-state index in [9.17, 15) is 4.79 Å². The summed E-state index contributed by atoms with van der Waals surface area (Å²) in [7, 11) is -0.351. The number of ether oxygens (including phenoxy) is 1. The Labute approximate surface area is 171 Å². The molecule has 2 aliphatic rings. The number of carbonyl (C=O) groups excluding carboxylic acids is 1. The Morgan fingerprint density at radius 3 is 2.50 bits per heavy atom. The minimum absolute atomic E-state index is 0.0908. The molecule has 0 spiro atoms. The highest BCUT2D eigenvalue weighted by molar-refractivity contribution is 6.74. The van der Waals surface area contributed by atoms with Crippen molar-refractivity contribution >= 4 is 20.2 Å². The standard InChI is InChI=1S/C24H34O3Si/c1-23(2,3)28(6,7)27-22-18(16-19-14-15-21(25)24(19,22)4)13-12-17-10-8-9-11-20(17)26-5/h8-13,19H,14-16H2,1-7H3/b13-12-/t19-,24+/m0/s1. The van der Waals surface area contributed by atoms with Crippen LogP contribution in [0.15, 0.2) is 41.7 Å². The number of para-hydroxylation sites is 1. The maximum absolute atomic E-state index is 12.9. The molecule has 0 saturated heterocycles. The van der Waals surface area contributed by atoms with E-state index in [4.69, 9.17) is 9.16 Å². The molecule has 0 heterocycles. The van der Waals surface area contributed by atoms with E-state index >= 15 is 0 Å². The Morgan fingerprint density at radius 2 is 1.86 bits per heavy atom. The molecule has 0 aromatic heterocycles. The zero-order valence-corrected chi connectivity index (χ0v) is 19.4. The Morgan fingerprint density at radius 1 is 1.18 bits per heavy atom. The van der Waals surface area contributed by atoms with Crippen molar-refractivity contribution in [3.63, 3.8) is 0 Å². The molecule has 1 fully saturated rings. The molecular formula is C24H34O3Si. The van der Waals surface area contributed by atoms with Crippen LogP contribution < -0.4 is 4.74 Å². The highest BCUT2D eigenvalue weighted by Gasteiger charge is 2.56. The first-order chi connectivity index (χ1) is 13.0. The summed E-state index contributed by atoms with van der Waals surface area (Å²) in [5, 5.41) is 0.0908. The summed E-state index contributed by atoms with van der Waals surface area (Å²) in [4.78, 5) is 12.9. The van der Waals surface area contributed by atoms with E-state index in [2.05, 4.69) is 52.9 Å². The SMILES string of the molecule is COc1ccccc1/C=C\C1=C(O[Si](C)(C)C(C)(C)C)[C@@]2(C)C(=O)CC[C@H]2C1. The molecule has 3 rings (SSSR count). The summed E-state index contributed by atoms with van der Waals surface area (Å²) in [5.41, 5.74) is 1.75. The molecule has 0 unspecified atom stereocenters. The topological polar surface area (TPSA) is 35.5 Å². The lowest BCUT2D eigenvalue weighted by molar-refractivity contribution is -0.125. The van der Waals surface area contributed by atoms with Crippen molar-refractivity contribution in [1.29, 1.82) is 0 Å². The van der Waals surface area contributed by atoms with Crippen LogP contribution in [0.1, 0.15) is 52.5 Å². The quantitative estimate of drug-likeness (QED) is 0.540. The fourth-order valence-electron chi connectivity index (χ4n) is 4.11. The third kappa shape index (κ3) is 3.47. The second-order valence-corrected chi connectivity index (χ2v) is 14.6. The molecule has 1 aromatic carbocycles. The van der Waals surface area contributed by atoms with Crippen LogP contribution in [-0.2, 0) is 9.22 Å². The van der Waals surface area contributed by atoms with Gasteiger partial charge in [-0.25, -0.2) is 0 Å². The summed E-state index contributed by atoms with van der Waals surface area (Å²) >= 11 is 0. The third-order valence-electron chi connectivity index (χ3n) is 7.11. The Kier molecular flexibility index (Phi) is 5.39. The first-order valence-corrected chi connectivity index (χ1v) is 13.2. The highest BCUT2D eigenvalue weighted by atomic mass is 28.4. The minimum Gasteiger partial charge on any atom is -0.545 e. The van der Waals surface area contributed by atoms with Gasteiger partial charge in [-0.2, -0.15) is 0 Å². The molecule has 152 valence electrons. The van der Waals surface area contributed by atoms with Gasteiger partial charge in [0.1, 0.15) is 11.5 Å². The second-order valence-electron chi connectivity index (χ2n) is 9.86. The molecule has 4 heteroatoms. The Hall–Kier alpha value is -1.81. The van der Waals surface area contributed by atoms with Crippen LogP contribution in [-0.4, -0.2) is 21.2 Å². The number of rotatable bonds is 5. The molecule has 1 aromatic rings. The molecule has 0 amide bonds. The van der Waals surface area contributed by atoms with Crippen LogP contribution >= 0.6 is 0 Å². The third-order valence-corrected chi connectivity index (χ3v) is 11.4. The van der Waals surface area contributed by atoms with Gasteiger partial charge in [-0.3, -0.25) is 4.79 Å². The second kappa shape index (κ2) is 7.22. The van der Waals surface area contributed by atoms with Crippen molar-refractivity contribution in [2.45, 2.75) is 65.1 Å². The molecule has 3 nitrogen and oxygen atoms in total. The van der Waals surface area contributed by atoms with Gasteiger partial charge in [0.2, 0.25) is 8.32 Å². The van der Waals surface area contributed by atoms with Crippen molar-refractivity contribution in [1.82, 2.24) is 0 Å². The first-order valence-electron chi connectivity index (χ1n) is 10.3. The average Bonchev–Trinajstić information content (AvgIpc) is 3.05. The van der Waals surface area contributed by atoms with Crippen LogP contribution in [0.5, 0.6) is 5.75 Å². The molecular weight excluding hydrogens is 364 g/mol. The average molecular weight is 399 g/mol. The predicted octanol–water partition coefficient (Wildman–Crippen LogP) is 6.37. The van der Waals surface area contributed by atoms with Crippen LogP contribution in [0.2, 0.25) is 18.1 Å². The number of ketones is 1. The van der Waals surface area contributed by atoms with Crippen molar-refractivity contribution in [2.75, 3.05) is 7.11 Å². The van der Waals surface area contributed by atoms with Gasteiger partial charge >= 0.3 is 0 Å². The maximum Gasteiger partial charge on any atom is 0.250 e. The van der Waals surface area contributed by atoms with Gasteiger partial charge in [0.05, 0.1) is 18.3 Å². The molecule has 0 radical (unpaired) electrons. The normalized spacial score (nSPS) is 25.5. The summed E-state index contributed by atoms with van der Waals surface area (Å²) in [6.07, 6.45) is 6.80. The lowest BCUT2D eigenvalue weighted by atomic mass is 9.81. The van der Waals surface area contributed by atoms with Gasteiger partial charge in [0.25, 0.3) is 0 Å². The van der Waals surface area contributed by atoms with Gasteiger partial charge in [0, 0.05) is 12.0 Å². The lowest BCUT2D eigenvalue weighted by Crippen LogP contribution is -2.43. The monoisotopic (exact) mass is 398 g/mol. The van der Waals surface area contributed by atoms with E-state index in [0.29, 0.717) is 18.1 Å². The zero-order valence-electron chi connectivity index (χ0n) is 18.4. The van der Waals surface area contributed by atoms with E-state index in [1.54, 1.807) is 7.11 Å². The van der Waals surface area contributed by atoms with Crippen LogP contribution in [0.25, 0.3) is 6.08 Å². The summed E-state index contributed by atoms with van der Waals surface area (Å²) < 4.78 is 12.3. The molecule has 2 aliphatic carbocycles. The maximum atomic E-state index is 12.9. The van der Waals surface area contributed by atoms with Gasteiger partial charge in [-0.15, -0.1) is 0 Å². The van der Waals surface area contributed by atoms with Gasteiger partial charge in [0.15, 0.2) is 0 Å². The number of fused-ring (bicyclic) bond motifs is 1. The summed E-state index contributed by atoms with van der Waals surface area (Å²) in [6, 6.07) is 8.00. The number of hydrogen-bond acceptors (Lipinski definition) is 3. The van der Waals surface area contributed by atoms with E-state index in [0.717, 1.165) is 29.9 Å². The molecule has 0 aliphatic heterocycles. The smallest absolute Gasteiger partial charge is 0.250 e. The molecule has 0 bridgehead atoms. The van der Waals surface area contributed by atoms with Crippen LogP contribution in [0.3, 0.4) is 0 Å². The first kappa shape index (κ1) is 20.9. The van der Waals surface area contributed by atoms with E-state index in [-0.39, 0.29) is 5.04 Å². The van der Waals surface area contributed by atoms with Gasteiger partial charge < -0.3 is 9.16 Å². The Bertz CT molecular complexity index is 828. The number of Topliss-reactive ketones (excluding diaryl/α,β-unsaturated/α-hetero) is 1. The molecule has 1 saturated carbocycles. The number of methoxy groups -OCH3 is 1. The van der Waals surface area contributed by atoms with Crippen LogP contribution in [0, 0.1) is 11.3 Å². The summed E-state index contributed by atoms with van der Waals surface area (Å²) in [5.74, 6) is 2.49. The predicted molar refractivity (Wildman–Crippen MR) is 118 cm³/mol. The van der Waals surface area contributed by atoms with Crippen molar-refractivity contribution < 1.29 is 14.0 Å². The fourth-order valence-corrected chi connectivity index (χ4v) is 5.27. The largest absolute Gasteiger partial charge is 0.545 e. The highest BCUT2D eigenvalue weighted by Crippen LogP contribution is 2.57. The van der Waals surface area contributed by atoms with Crippen molar-refractivity contribution in [3.8, 4) is 5.75 Å². The molecule has 0 N–H and O–H groups in total. The molecule has 28 heavy (non-hydrogen) atoms. The van der Waals surface area contributed by atoms with Gasteiger partial charge in [-0.05, 0) is 55.5 Å². The molecule has 2 atom stereocenters. The zero-order chi connectivity index (χ0) is 20.7. The number of benzene rings is 1. The van der Waals surface area contributed by atoms with Crippen LogP contribution in [0.4, 0.5) is 0 Å².